The Bertz CT molecular complexity index is 1010. The zero-order valence-corrected chi connectivity index (χ0v) is 21.2. The minimum Gasteiger partial charge on any atom is -0.300 e. The number of carbonyl (C=O) groups is 1. The van der Waals surface area contributed by atoms with Crippen molar-refractivity contribution in [1.29, 1.82) is 0 Å². The van der Waals surface area contributed by atoms with Crippen LogP contribution in [0.3, 0.4) is 0 Å². The Morgan fingerprint density at radius 2 is 1.28 bits per heavy atom. The average Bonchev–Trinajstić information content (AvgIpc) is 2.76. The van der Waals surface area contributed by atoms with Crippen molar-refractivity contribution in [2.45, 2.75) is 63.2 Å². The van der Waals surface area contributed by atoms with Gasteiger partial charge in [0.15, 0.2) is 0 Å². The number of benzene rings is 1. The van der Waals surface area contributed by atoms with Crippen LogP contribution < -0.4 is 10.9 Å². The van der Waals surface area contributed by atoms with Crippen LogP contribution >= 0.6 is 15.8 Å². The van der Waals surface area contributed by atoms with Crippen molar-refractivity contribution in [2.75, 3.05) is 0 Å². The van der Waals surface area contributed by atoms with E-state index in [0.717, 1.165) is 23.2 Å². The van der Waals surface area contributed by atoms with E-state index in [0.29, 0.717) is 18.6 Å². The van der Waals surface area contributed by atoms with E-state index in [9.17, 15) is 4.79 Å². The van der Waals surface area contributed by atoms with E-state index in [1.54, 1.807) is 0 Å². The van der Waals surface area contributed by atoms with Gasteiger partial charge in [0.05, 0.1) is 10.9 Å². The lowest BCUT2D eigenvalue weighted by molar-refractivity contribution is -0.120. The highest BCUT2D eigenvalue weighted by Gasteiger charge is 2.46. The number of carbonyl (C=O) groups excluding carboxylic acids is 1. The van der Waals surface area contributed by atoms with Crippen LogP contribution in [0, 0.1) is 0 Å². The van der Waals surface area contributed by atoms with Gasteiger partial charge in [0.2, 0.25) is 0 Å². The third kappa shape index (κ3) is 5.16. The second-order valence-electron chi connectivity index (χ2n) is 9.83. The van der Waals surface area contributed by atoms with Gasteiger partial charge in [-0.2, -0.15) is 0 Å². The van der Waals surface area contributed by atoms with Gasteiger partial charge in [-0.15, -0.1) is 0 Å². The number of pyridine rings is 2. The van der Waals surface area contributed by atoms with Crippen molar-refractivity contribution >= 4 is 32.5 Å². The van der Waals surface area contributed by atoms with Crippen LogP contribution in [-0.2, 0) is 17.1 Å². The molecule has 32 heavy (non-hydrogen) atoms. The average molecular weight is 463 g/mol. The van der Waals surface area contributed by atoms with Gasteiger partial charge in [0, 0.05) is 39.3 Å². The third-order valence-corrected chi connectivity index (χ3v) is 12.5. The molecule has 1 fully saturated rings. The fraction of sp³-hybridized carbons (Fsp3) is 0.370. The molecule has 5 heteroatoms. The number of rotatable bonds is 6. The van der Waals surface area contributed by atoms with Crippen molar-refractivity contribution in [2.24, 2.45) is 0 Å². The van der Waals surface area contributed by atoms with Crippen molar-refractivity contribution in [1.82, 2.24) is 9.97 Å². The van der Waals surface area contributed by atoms with Gasteiger partial charge in [-0.1, -0.05) is 72.0 Å². The van der Waals surface area contributed by atoms with Crippen LogP contribution in [0.25, 0.3) is 0 Å². The van der Waals surface area contributed by atoms with E-state index < -0.39 is 7.92 Å². The van der Waals surface area contributed by atoms with Crippen molar-refractivity contribution in [3.63, 3.8) is 0 Å². The molecule has 3 aromatic rings. The molecular formula is C27H32N2OP2. The lowest BCUT2D eigenvalue weighted by atomic mass is 9.96. The smallest absolute Gasteiger partial charge is 0.134 e. The molecule has 0 amide bonds. The summed E-state index contributed by atoms with van der Waals surface area (Å²) in [5.41, 5.74) is 5.05. The SMILES string of the molecule is CC1(C)CC(=O)CC(C)(C)P1Cc1ccccc1CP(c1ccccn1)c1ccccn1. The molecule has 0 atom stereocenters. The summed E-state index contributed by atoms with van der Waals surface area (Å²) >= 11 is 0. The zero-order valence-electron chi connectivity index (χ0n) is 19.5. The second kappa shape index (κ2) is 9.50. The Morgan fingerprint density at radius 1 is 0.781 bits per heavy atom. The van der Waals surface area contributed by atoms with Gasteiger partial charge in [0.1, 0.15) is 5.78 Å². The van der Waals surface area contributed by atoms with Gasteiger partial charge in [0.25, 0.3) is 0 Å². The lowest BCUT2D eigenvalue weighted by Crippen LogP contribution is -2.40. The molecule has 0 N–H and O–H groups in total. The molecule has 0 spiro atoms. The first kappa shape index (κ1) is 23.2. The number of Topliss-reactive ketones (excluding diaryl/α,β-unsaturated/α-hetero) is 1. The van der Waals surface area contributed by atoms with E-state index in [4.69, 9.17) is 9.97 Å². The summed E-state index contributed by atoms with van der Waals surface area (Å²) in [7, 11) is -1.05. The molecule has 3 heterocycles. The van der Waals surface area contributed by atoms with Crippen LogP contribution in [-0.4, -0.2) is 26.1 Å². The molecule has 4 rings (SSSR count). The number of ketones is 1. The van der Waals surface area contributed by atoms with E-state index >= 15 is 0 Å². The second-order valence-corrected chi connectivity index (χ2v) is 15.5. The molecule has 1 aliphatic rings. The quantitative estimate of drug-likeness (QED) is 0.421. The van der Waals surface area contributed by atoms with E-state index in [2.05, 4.69) is 76.2 Å². The lowest BCUT2D eigenvalue weighted by Gasteiger charge is -2.49. The molecule has 0 bridgehead atoms. The fourth-order valence-electron chi connectivity index (χ4n) is 4.98. The van der Waals surface area contributed by atoms with Crippen LogP contribution in [0.1, 0.15) is 51.7 Å². The predicted octanol–water partition coefficient (Wildman–Crippen LogP) is 6.01. The van der Waals surface area contributed by atoms with E-state index in [1.165, 1.54) is 11.1 Å². The van der Waals surface area contributed by atoms with Gasteiger partial charge in [-0.05, 0) is 51.9 Å². The molecule has 166 valence electrons. The largest absolute Gasteiger partial charge is 0.300 e. The predicted molar refractivity (Wildman–Crippen MR) is 138 cm³/mol. The number of nitrogens with zero attached hydrogens (tertiary/aromatic N) is 2. The zero-order chi connectivity index (χ0) is 22.8. The van der Waals surface area contributed by atoms with Crippen molar-refractivity contribution in [3.8, 4) is 0 Å². The molecule has 1 saturated heterocycles. The minimum absolute atomic E-state index is 0.0635. The van der Waals surface area contributed by atoms with E-state index in [-0.39, 0.29) is 18.2 Å². The van der Waals surface area contributed by atoms with Crippen LogP contribution in [0.5, 0.6) is 0 Å². The Hall–Kier alpha value is -1.95. The van der Waals surface area contributed by atoms with Crippen LogP contribution in [0.4, 0.5) is 0 Å². The fourth-order valence-corrected chi connectivity index (χ4v) is 11.0. The first-order chi connectivity index (χ1) is 15.3. The van der Waals surface area contributed by atoms with Gasteiger partial charge in [-0.25, -0.2) is 0 Å². The molecule has 0 radical (unpaired) electrons. The molecule has 1 aromatic carbocycles. The summed E-state index contributed by atoms with van der Waals surface area (Å²) in [6, 6.07) is 21.2. The highest BCUT2D eigenvalue weighted by Crippen LogP contribution is 2.66. The Kier molecular flexibility index (Phi) is 6.89. The molecule has 0 saturated carbocycles. The number of aromatic nitrogens is 2. The Labute approximate surface area is 194 Å². The summed E-state index contributed by atoms with van der Waals surface area (Å²) < 4.78 is 0. The highest BCUT2D eigenvalue weighted by molar-refractivity contribution is 7.71. The standard InChI is InChI=1S/C27H32N2OP2/c1-26(2)17-23(30)18-27(3,4)32(26)20-22-12-6-5-11-21(22)19-31(24-13-7-9-15-28-24)25-14-8-10-16-29-25/h5-16H,17-20H2,1-4H3. The third-order valence-electron chi connectivity index (χ3n) is 6.35. The summed E-state index contributed by atoms with van der Waals surface area (Å²) in [5.74, 6) is 0.417. The summed E-state index contributed by atoms with van der Waals surface area (Å²) in [6.45, 7) is 9.20. The monoisotopic (exact) mass is 462 g/mol. The highest BCUT2D eigenvalue weighted by atomic mass is 31.1. The van der Waals surface area contributed by atoms with Gasteiger partial charge in [-0.3, -0.25) is 14.8 Å². The first-order valence-corrected chi connectivity index (χ1v) is 14.3. The summed E-state index contributed by atoms with van der Waals surface area (Å²) in [5, 5.41) is 0.127. The first-order valence-electron chi connectivity index (χ1n) is 11.2. The summed E-state index contributed by atoms with van der Waals surface area (Å²) in [6.07, 6.45) is 7.17. The molecule has 3 nitrogen and oxygen atoms in total. The molecule has 0 aliphatic carbocycles. The van der Waals surface area contributed by atoms with E-state index in [1.807, 2.05) is 24.5 Å². The van der Waals surface area contributed by atoms with Crippen LogP contribution in [0.15, 0.2) is 73.1 Å². The molecular weight excluding hydrogens is 430 g/mol. The molecule has 0 unspecified atom stereocenters. The molecule has 2 aromatic heterocycles. The van der Waals surface area contributed by atoms with Crippen molar-refractivity contribution < 1.29 is 4.79 Å². The number of hydrogen-bond acceptors (Lipinski definition) is 3. The van der Waals surface area contributed by atoms with Gasteiger partial charge < -0.3 is 0 Å². The summed E-state index contributed by atoms with van der Waals surface area (Å²) in [4.78, 5) is 21.8. The maximum atomic E-state index is 12.4. The van der Waals surface area contributed by atoms with Crippen LogP contribution in [0.2, 0.25) is 0 Å². The Balaban J connectivity index is 1.68. The Morgan fingerprint density at radius 3 is 1.78 bits per heavy atom. The maximum absolute atomic E-state index is 12.4. The number of hydrogen-bond donors (Lipinski definition) is 0. The van der Waals surface area contributed by atoms with Crippen molar-refractivity contribution in [3.05, 3.63) is 84.2 Å². The van der Waals surface area contributed by atoms with Gasteiger partial charge >= 0.3 is 0 Å². The minimum atomic E-state index is -0.691. The maximum Gasteiger partial charge on any atom is 0.134 e. The molecule has 1 aliphatic heterocycles. The topological polar surface area (TPSA) is 42.9 Å². The normalized spacial score (nSPS) is 18.1.